The van der Waals surface area contributed by atoms with Crippen LogP contribution in [-0.2, 0) is 6.54 Å². The van der Waals surface area contributed by atoms with Crippen LogP contribution in [0.3, 0.4) is 0 Å². The molecule has 0 aliphatic carbocycles. The summed E-state index contributed by atoms with van der Waals surface area (Å²) in [7, 11) is 0. The minimum atomic E-state index is -0.416. The number of aryl methyl sites for hydroxylation is 1. The third kappa shape index (κ3) is 4.15. The van der Waals surface area contributed by atoms with Gasteiger partial charge in [-0.2, -0.15) is 0 Å². The molecule has 108 valence electrons. The number of hydrogen-bond acceptors (Lipinski definition) is 3. The summed E-state index contributed by atoms with van der Waals surface area (Å²) in [6, 6.07) is 6.09. The Morgan fingerprint density at radius 2 is 2.24 bits per heavy atom. The van der Waals surface area contributed by atoms with Crippen LogP contribution in [-0.4, -0.2) is 12.5 Å². The van der Waals surface area contributed by atoms with Gasteiger partial charge in [-0.3, -0.25) is 4.79 Å². The van der Waals surface area contributed by atoms with Crippen LogP contribution in [0.2, 0.25) is 0 Å². The van der Waals surface area contributed by atoms with Gasteiger partial charge >= 0.3 is 0 Å². The maximum atomic E-state index is 13.2. The third-order valence-corrected chi connectivity index (χ3v) is 3.79. The Bertz CT molecular complexity index is 713. The Labute approximate surface area is 127 Å². The number of hydrogen-bond donors (Lipinski definition) is 2. The van der Waals surface area contributed by atoms with Crippen LogP contribution in [0.15, 0.2) is 29.6 Å². The molecule has 1 amide bonds. The maximum Gasteiger partial charge on any atom is 0.251 e. The molecule has 5 heteroatoms. The summed E-state index contributed by atoms with van der Waals surface area (Å²) >= 11 is 1.51. The lowest BCUT2D eigenvalue weighted by Crippen LogP contribution is -2.23. The summed E-state index contributed by atoms with van der Waals surface area (Å²) in [6.45, 7) is 2.49. The molecule has 0 radical (unpaired) electrons. The molecule has 1 aromatic carbocycles. The van der Waals surface area contributed by atoms with E-state index >= 15 is 0 Å². The zero-order chi connectivity index (χ0) is 15.2. The molecule has 0 aliphatic rings. The molecule has 0 aliphatic heterocycles. The van der Waals surface area contributed by atoms with E-state index in [9.17, 15) is 9.18 Å². The lowest BCUT2D eigenvalue weighted by Gasteiger charge is -2.06. The van der Waals surface area contributed by atoms with E-state index < -0.39 is 5.82 Å². The van der Waals surface area contributed by atoms with Crippen molar-refractivity contribution in [3.8, 4) is 11.8 Å². The molecule has 21 heavy (non-hydrogen) atoms. The first-order chi connectivity index (χ1) is 10.1. The number of nitrogens with one attached hydrogen (secondary N) is 1. The van der Waals surface area contributed by atoms with Crippen LogP contribution in [0.5, 0.6) is 0 Å². The zero-order valence-electron chi connectivity index (χ0n) is 11.6. The Hall–Kier alpha value is -2.16. The summed E-state index contributed by atoms with van der Waals surface area (Å²) in [6.07, 6.45) is 0. The number of carbonyl (C=O) groups is 1. The number of halogens is 1. The number of carbonyl (C=O) groups excluding carboxylic acids is 1. The van der Waals surface area contributed by atoms with E-state index in [1.54, 1.807) is 13.0 Å². The Kier molecular flexibility index (Phi) is 5.09. The van der Waals surface area contributed by atoms with Crippen molar-refractivity contribution in [2.24, 2.45) is 5.73 Å². The van der Waals surface area contributed by atoms with Gasteiger partial charge in [0, 0.05) is 21.4 Å². The highest BCUT2D eigenvalue weighted by atomic mass is 32.1. The molecule has 0 atom stereocenters. The lowest BCUT2D eigenvalue weighted by atomic mass is 10.1. The van der Waals surface area contributed by atoms with Gasteiger partial charge in [0.2, 0.25) is 0 Å². The predicted molar refractivity (Wildman–Crippen MR) is 82.6 cm³/mol. The molecule has 2 aromatic rings. The number of rotatable bonds is 3. The highest BCUT2D eigenvalue weighted by Crippen LogP contribution is 2.15. The minimum Gasteiger partial charge on any atom is -0.347 e. The highest BCUT2D eigenvalue weighted by molar-refractivity contribution is 7.10. The SMILES string of the molecule is Cc1ccc(F)cc1C(=O)NCc1cc(C#CCN)cs1. The normalized spacial score (nSPS) is 9.86. The zero-order valence-corrected chi connectivity index (χ0v) is 12.4. The van der Waals surface area contributed by atoms with Crippen molar-refractivity contribution in [3.63, 3.8) is 0 Å². The number of nitrogens with two attached hydrogens (primary N) is 1. The number of amides is 1. The van der Waals surface area contributed by atoms with Crippen LogP contribution >= 0.6 is 11.3 Å². The van der Waals surface area contributed by atoms with Crippen molar-refractivity contribution in [3.05, 3.63) is 57.0 Å². The quantitative estimate of drug-likeness (QED) is 0.856. The molecule has 0 saturated carbocycles. The standard InChI is InChI=1S/C16H15FN2OS/c1-11-4-5-13(17)8-15(11)16(20)19-9-14-7-12(10-21-14)3-2-6-18/h4-5,7-8,10H,6,9,18H2,1H3,(H,19,20). The molecule has 0 unspecified atom stereocenters. The first-order valence-electron chi connectivity index (χ1n) is 6.41. The van der Waals surface area contributed by atoms with Crippen molar-refractivity contribution >= 4 is 17.2 Å². The fourth-order valence-electron chi connectivity index (χ4n) is 1.79. The molecule has 1 heterocycles. The monoisotopic (exact) mass is 302 g/mol. The summed E-state index contributed by atoms with van der Waals surface area (Å²) in [5, 5.41) is 4.70. The molecule has 3 N–H and O–H groups in total. The maximum absolute atomic E-state index is 13.2. The second kappa shape index (κ2) is 7.02. The van der Waals surface area contributed by atoms with Gasteiger partial charge in [-0.25, -0.2) is 4.39 Å². The lowest BCUT2D eigenvalue weighted by molar-refractivity contribution is 0.0950. The molecule has 0 spiro atoms. The van der Waals surface area contributed by atoms with Gasteiger partial charge in [-0.1, -0.05) is 17.9 Å². The molecule has 0 saturated heterocycles. The molecule has 0 fully saturated rings. The van der Waals surface area contributed by atoms with Gasteiger partial charge in [0.05, 0.1) is 13.1 Å². The van der Waals surface area contributed by atoms with Gasteiger partial charge in [-0.15, -0.1) is 11.3 Å². The third-order valence-electron chi connectivity index (χ3n) is 2.86. The van der Waals surface area contributed by atoms with Gasteiger partial charge in [0.15, 0.2) is 0 Å². The van der Waals surface area contributed by atoms with E-state index in [1.807, 2.05) is 11.4 Å². The predicted octanol–water partition coefficient (Wildman–Crippen LogP) is 2.44. The van der Waals surface area contributed by atoms with Crippen molar-refractivity contribution in [2.75, 3.05) is 6.54 Å². The summed E-state index contributed by atoms with van der Waals surface area (Å²) < 4.78 is 13.2. The number of thiophene rings is 1. The van der Waals surface area contributed by atoms with Gasteiger partial charge in [0.25, 0.3) is 5.91 Å². The molecule has 0 bridgehead atoms. The highest BCUT2D eigenvalue weighted by Gasteiger charge is 2.10. The van der Waals surface area contributed by atoms with Crippen LogP contribution < -0.4 is 11.1 Å². The molecule has 2 rings (SSSR count). The van der Waals surface area contributed by atoms with Crippen LogP contribution in [0.4, 0.5) is 4.39 Å². The topological polar surface area (TPSA) is 55.1 Å². The van der Waals surface area contributed by atoms with E-state index in [1.165, 1.54) is 23.5 Å². The smallest absolute Gasteiger partial charge is 0.251 e. The fourth-order valence-corrected chi connectivity index (χ4v) is 2.55. The average molecular weight is 302 g/mol. The van der Waals surface area contributed by atoms with Gasteiger partial charge < -0.3 is 11.1 Å². The van der Waals surface area contributed by atoms with Gasteiger partial charge in [-0.05, 0) is 30.7 Å². The Morgan fingerprint density at radius 3 is 3.00 bits per heavy atom. The van der Waals surface area contributed by atoms with Crippen molar-refractivity contribution < 1.29 is 9.18 Å². The van der Waals surface area contributed by atoms with Crippen LogP contribution in [0.1, 0.15) is 26.4 Å². The molecule has 3 nitrogen and oxygen atoms in total. The van der Waals surface area contributed by atoms with Gasteiger partial charge in [0.1, 0.15) is 5.82 Å². The largest absolute Gasteiger partial charge is 0.347 e. The second-order valence-corrected chi connectivity index (χ2v) is 5.45. The van der Waals surface area contributed by atoms with E-state index in [0.717, 1.165) is 16.0 Å². The second-order valence-electron chi connectivity index (χ2n) is 4.45. The van der Waals surface area contributed by atoms with Crippen LogP contribution in [0, 0.1) is 24.6 Å². The first kappa shape index (κ1) is 15.2. The van der Waals surface area contributed by atoms with E-state index in [2.05, 4.69) is 17.2 Å². The fraction of sp³-hybridized carbons (Fsp3) is 0.188. The summed E-state index contributed by atoms with van der Waals surface area (Å²) in [4.78, 5) is 13.0. The van der Waals surface area contributed by atoms with E-state index in [4.69, 9.17) is 5.73 Å². The number of benzene rings is 1. The minimum absolute atomic E-state index is 0.282. The van der Waals surface area contributed by atoms with Crippen molar-refractivity contribution in [1.29, 1.82) is 0 Å². The van der Waals surface area contributed by atoms with Crippen molar-refractivity contribution in [1.82, 2.24) is 5.32 Å². The molecular weight excluding hydrogens is 287 g/mol. The molecule has 1 aromatic heterocycles. The average Bonchev–Trinajstić information content (AvgIpc) is 2.93. The molecular formula is C16H15FN2OS. The summed E-state index contributed by atoms with van der Waals surface area (Å²) in [5.41, 5.74) is 7.30. The Balaban J connectivity index is 2.01. The summed E-state index contributed by atoms with van der Waals surface area (Å²) in [5.74, 6) is 5.01. The van der Waals surface area contributed by atoms with E-state index in [-0.39, 0.29) is 5.91 Å². The first-order valence-corrected chi connectivity index (χ1v) is 7.29. The Morgan fingerprint density at radius 1 is 1.43 bits per heavy atom. The van der Waals surface area contributed by atoms with Crippen molar-refractivity contribution in [2.45, 2.75) is 13.5 Å². The van der Waals surface area contributed by atoms with Crippen LogP contribution in [0.25, 0.3) is 0 Å². The van der Waals surface area contributed by atoms with E-state index in [0.29, 0.717) is 18.7 Å².